The highest BCUT2D eigenvalue weighted by Crippen LogP contribution is 2.08. The summed E-state index contributed by atoms with van der Waals surface area (Å²) >= 11 is 0. The van der Waals surface area contributed by atoms with E-state index in [1.165, 1.54) is 5.56 Å². The minimum absolute atomic E-state index is 0. The van der Waals surface area contributed by atoms with E-state index in [4.69, 9.17) is 0 Å². The molecule has 3 aromatic rings. The predicted octanol–water partition coefficient (Wildman–Crippen LogP) is 2.44. The molecule has 3 rings (SSSR count). The smallest absolute Gasteiger partial charge is 0.191 e. The first-order valence-corrected chi connectivity index (χ1v) is 8.36. The van der Waals surface area contributed by atoms with Gasteiger partial charge < -0.3 is 10.6 Å². The lowest BCUT2D eigenvalue weighted by Gasteiger charge is -2.12. The topological polar surface area (TPSA) is 72.1 Å². The number of aliphatic imine (C=N–C) groups is 1. The van der Waals surface area contributed by atoms with E-state index in [9.17, 15) is 0 Å². The zero-order valence-corrected chi connectivity index (χ0v) is 17.1. The third kappa shape index (κ3) is 5.87. The number of nitrogens with one attached hydrogen (secondary N) is 2. The fourth-order valence-corrected chi connectivity index (χ4v) is 2.48. The zero-order chi connectivity index (χ0) is 17.3. The molecule has 0 amide bonds. The fourth-order valence-electron chi connectivity index (χ4n) is 2.48. The number of aromatic nitrogens is 4. The van der Waals surface area contributed by atoms with Crippen LogP contribution in [0, 0.1) is 0 Å². The van der Waals surface area contributed by atoms with Crippen LogP contribution in [-0.4, -0.2) is 39.1 Å². The second-order valence-corrected chi connectivity index (χ2v) is 5.59. The van der Waals surface area contributed by atoms with Gasteiger partial charge in [-0.05, 0) is 36.2 Å². The van der Waals surface area contributed by atoms with E-state index in [1.807, 2.05) is 33.9 Å². The van der Waals surface area contributed by atoms with Gasteiger partial charge in [0.15, 0.2) is 5.96 Å². The molecular weight excluding hydrogens is 441 g/mol. The van der Waals surface area contributed by atoms with E-state index >= 15 is 0 Å². The molecule has 26 heavy (non-hydrogen) atoms. The first-order valence-electron chi connectivity index (χ1n) is 8.36. The van der Waals surface area contributed by atoms with E-state index in [2.05, 4.69) is 50.1 Å². The first kappa shape index (κ1) is 20.0. The number of hydrogen-bond donors (Lipinski definition) is 2. The van der Waals surface area contributed by atoms with Gasteiger partial charge in [-0.3, -0.25) is 9.67 Å². The minimum atomic E-state index is 0. The van der Waals surface area contributed by atoms with E-state index in [0.717, 1.165) is 37.7 Å². The third-order valence-electron chi connectivity index (χ3n) is 3.80. The Kier molecular flexibility index (Phi) is 8.13. The summed E-state index contributed by atoms with van der Waals surface area (Å²) in [6, 6.07) is 12.2. The lowest BCUT2D eigenvalue weighted by atomic mass is 10.2. The molecular formula is C18H24IN7. The molecule has 1 aromatic carbocycles. The van der Waals surface area contributed by atoms with Gasteiger partial charge in [0.05, 0.1) is 5.69 Å². The molecule has 0 aliphatic carbocycles. The molecule has 0 atom stereocenters. The van der Waals surface area contributed by atoms with E-state index < -0.39 is 0 Å². The summed E-state index contributed by atoms with van der Waals surface area (Å²) in [5.41, 5.74) is 2.24. The lowest BCUT2D eigenvalue weighted by molar-refractivity contribution is 0.570. The molecule has 0 bridgehead atoms. The van der Waals surface area contributed by atoms with Crippen LogP contribution in [0.1, 0.15) is 12.0 Å². The third-order valence-corrected chi connectivity index (χ3v) is 3.80. The van der Waals surface area contributed by atoms with Crippen molar-refractivity contribution in [2.24, 2.45) is 4.99 Å². The van der Waals surface area contributed by atoms with Crippen LogP contribution in [0.15, 0.2) is 66.2 Å². The van der Waals surface area contributed by atoms with Crippen molar-refractivity contribution in [2.75, 3.05) is 13.6 Å². The number of nitrogens with zero attached hydrogens (tertiary/aromatic N) is 5. The largest absolute Gasteiger partial charge is 0.356 e. The molecule has 0 unspecified atom stereocenters. The summed E-state index contributed by atoms with van der Waals surface area (Å²) in [7, 11) is 1.78. The molecule has 7 nitrogen and oxygen atoms in total. The van der Waals surface area contributed by atoms with Crippen LogP contribution in [-0.2, 0) is 13.1 Å². The van der Waals surface area contributed by atoms with Crippen LogP contribution in [0.3, 0.4) is 0 Å². The van der Waals surface area contributed by atoms with Crippen molar-refractivity contribution < 1.29 is 0 Å². The Labute approximate surface area is 170 Å². The van der Waals surface area contributed by atoms with Gasteiger partial charge >= 0.3 is 0 Å². The Bertz CT molecular complexity index is 764. The van der Waals surface area contributed by atoms with Crippen molar-refractivity contribution in [2.45, 2.75) is 19.5 Å². The Morgan fingerprint density at radius 1 is 1.04 bits per heavy atom. The van der Waals surface area contributed by atoms with Gasteiger partial charge in [-0.25, -0.2) is 4.68 Å². The second kappa shape index (κ2) is 10.6. The molecule has 0 aliphatic heterocycles. The monoisotopic (exact) mass is 465 g/mol. The SMILES string of the molecule is CN=C(NCCCn1cccn1)NCc1ccc(-n2cccn2)cc1.I. The molecule has 2 aromatic heterocycles. The van der Waals surface area contributed by atoms with Gasteiger partial charge in [0, 0.05) is 51.5 Å². The maximum atomic E-state index is 4.25. The zero-order valence-electron chi connectivity index (χ0n) is 14.7. The standard InChI is InChI=1S/C18H23N7.HI/c1-19-18(20-9-2-12-24-13-3-10-22-24)21-15-16-5-7-17(8-6-16)25-14-4-11-23-25;/h3-8,10-11,13-14H,2,9,12,15H2,1H3,(H2,19,20,21);1H. The Hall–Kier alpha value is -2.36. The summed E-state index contributed by atoms with van der Waals surface area (Å²) in [4.78, 5) is 4.25. The van der Waals surface area contributed by atoms with Gasteiger partial charge in [-0.1, -0.05) is 12.1 Å². The van der Waals surface area contributed by atoms with Crippen molar-refractivity contribution >= 4 is 29.9 Å². The molecule has 0 saturated carbocycles. The molecule has 8 heteroatoms. The summed E-state index contributed by atoms with van der Waals surface area (Å²) in [6.07, 6.45) is 8.46. The molecule has 2 N–H and O–H groups in total. The number of halogens is 1. The average Bonchev–Trinajstić information content (AvgIpc) is 3.35. The van der Waals surface area contributed by atoms with Crippen molar-refractivity contribution in [1.29, 1.82) is 0 Å². The molecule has 0 fully saturated rings. The van der Waals surface area contributed by atoms with Crippen LogP contribution >= 0.6 is 24.0 Å². The maximum Gasteiger partial charge on any atom is 0.191 e. The Balaban J connectivity index is 0.00000243. The van der Waals surface area contributed by atoms with Crippen molar-refractivity contribution in [3.63, 3.8) is 0 Å². The van der Waals surface area contributed by atoms with E-state index in [1.54, 1.807) is 19.4 Å². The highest BCUT2D eigenvalue weighted by Gasteiger charge is 2.00. The quantitative estimate of drug-likeness (QED) is 0.244. The van der Waals surface area contributed by atoms with E-state index in [0.29, 0.717) is 0 Å². The molecule has 0 aliphatic rings. The summed E-state index contributed by atoms with van der Waals surface area (Å²) < 4.78 is 3.77. The van der Waals surface area contributed by atoms with E-state index in [-0.39, 0.29) is 24.0 Å². The number of aryl methyl sites for hydroxylation is 1. The number of benzene rings is 1. The van der Waals surface area contributed by atoms with Crippen LogP contribution < -0.4 is 10.6 Å². The Morgan fingerprint density at radius 2 is 1.81 bits per heavy atom. The fraction of sp³-hybridized carbons (Fsp3) is 0.278. The summed E-state index contributed by atoms with van der Waals surface area (Å²) in [5.74, 6) is 0.802. The number of guanidine groups is 1. The van der Waals surface area contributed by atoms with Crippen molar-refractivity contribution in [3.8, 4) is 5.69 Å². The highest BCUT2D eigenvalue weighted by molar-refractivity contribution is 14.0. The van der Waals surface area contributed by atoms with Crippen molar-refractivity contribution in [3.05, 3.63) is 66.7 Å². The van der Waals surface area contributed by atoms with Crippen LogP contribution in [0.5, 0.6) is 0 Å². The highest BCUT2D eigenvalue weighted by atomic mass is 127. The Morgan fingerprint density at radius 3 is 2.46 bits per heavy atom. The van der Waals surface area contributed by atoms with Crippen molar-refractivity contribution in [1.82, 2.24) is 30.2 Å². The predicted molar refractivity (Wildman–Crippen MR) is 114 cm³/mol. The normalized spacial score (nSPS) is 11.0. The lowest BCUT2D eigenvalue weighted by Crippen LogP contribution is -2.37. The molecule has 0 spiro atoms. The molecule has 138 valence electrons. The summed E-state index contributed by atoms with van der Waals surface area (Å²) in [6.45, 7) is 2.46. The van der Waals surface area contributed by atoms with Crippen LogP contribution in [0.4, 0.5) is 0 Å². The number of rotatable bonds is 7. The van der Waals surface area contributed by atoms with Gasteiger partial charge in [0.1, 0.15) is 0 Å². The van der Waals surface area contributed by atoms with Crippen LogP contribution in [0.2, 0.25) is 0 Å². The molecule has 0 radical (unpaired) electrons. The maximum absolute atomic E-state index is 4.25. The van der Waals surface area contributed by atoms with Gasteiger partial charge in [-0.2, -0.15) is 10.2 Å². The first-order chi connectivity index (χ1) is 12.3. The van der Waals surface area contributed by atoms with Gasteiger partial charge in [0.25, 0.3) is 0 Å². The molecule has 2 heterocycles. The van der Waals surface area contributed by atoms with Crippen LogP contribution in [0.25, 0.3) is 5.69 Å². The molecule has 0 saturated heterocycles. The second-order valence-electron chi connectivity index (χ2n) is 5.59. The number of hydrogen-bond acceptors (Lipinski definition) is 3. The minimum Gasteiger partial charge on any atom is -0.356 e. The summed E-state index contributed by atoms with van der Waals surface area (Å²) in [5, 5.41) is 15.1. The van der Waals surface area contributed by atoms with Gasteiger partial charge in [0.2, 0.25) is 0 Å². The average molecular weight is 465 g/mol. The van der Waals surface area contributed by atoms with Gasteiger partial charge in [-0.15, -0.1) is 24.0 Å².